The van der Waals surface area contributed by atoms with E-state index in [1.54, 1.807) is 24.3 Å². The van der Waals surface area contributed by atoms with Gasteiger partial charge in [-0.3, -0.25) is 14.4 Å². The van der Waals surface area contributed by atoms with Crippen LogP contribution in [0.1, 0.15) is 10.4 Å². The number of amides is 2. The number of nitrogens with two attached hydrogens (primary N) is 1. The third-order valence-corrected chi connectivity index (χ3v) is 2.30. The smallest absolute Gasteiger partial charge is 0.325 e. The van der Waals surface area contributed by atoms with Crippen LogP contribution in [-0.4, -0.2) is 44.0 Å². The second-order valence-corrected chi connectivity index (χ2v) is 3.82. The quantitative estimate of drug-likeness (QED) is 0.439. The van der Waals surface area contributed by atoms with E-state index in [1.807, 2.05) is 6.07 Å². The van der Waals surface area contributed by atoms with Gasteiger partial charge in [0, 0.05) is 5.56 Å². The van der Waals surface area contributed by atoms with Gasteiger partial charge in [0.25, 0.3) is 5.91 Å². The Morgan fingerprint density at radius 1 is 1.10 bits per heavy atom. The van der Waals surface area contributed by atoms with E-state index < -0.39 is 11.9 Å². The maximum atomic E-state index is 11.6. The highest BCUT2D eigenvalue weighted by atomic mass is 16.5. The molecular weight excluding hydrogens is 262 g/mol. The molecule has 0 heterocycles. The van der Waals surface area contributed by atoms with E-state index in [9.17, 15) is 14.4 Å². The number of benzene rings is 1. The minimum atomic E-state index is -0.583. The molecule has 0 fully saturated rings. The van der Waals surface area contributed by atoms with Crippen molar-refractivity contribution in [2.45, 2.75) is 0 Å². The average Bonchev–Trinajstić information content (AvgIpc) is 2.49. The summed E-state index contributed by atoms with van der Waals surface area (Å²) in [5.74, 6) is -1.25. The van der Waals surface area contributed by atoms with Crippen molar-refractivity contribution in [1.29, 1.82) is 0 Å². The number of nitrogens with one attached hydrogen (secondary N) is 2. The van der Waals surface area contributed by atoms with Gasteiger partial charge in [0.2, 0.25) is 5.91 Å². The predicted molar refractivity (Wildman–Crippen MR) is 71.8 cm³/mol. The topological polar surface area (TPSA) is 111 Å². The Balaban J connectivity index is 2.14. The van der Waals surface area contributed by atoms with Gasteiger partial charge in [-0.1, -0.05) is 18.2 Å². The molecule has 2 amide bonds. The van der Waals surface area contributed by atoms with Crippen LogP contribution in [0.4, 0.5) is 0 Å². The van der Waals surface area contributed by atoms with Gasteiger partial charge in [-0.15, -0.1) is 0 Å². The largest absolute Gasteiger partial charge is 0.463 e. The van der Waals surface area contributed by atoms with Crippen LogP contribution in [0.25, 0.3) is 0 Å². The molecule has 0 atom stereocenters. The summed E-state index contributed by atoms with van der Waals surface area (Å²) in [6.45, 7) is -0.177. The second kappa shape index (κ2) is 8.65. The highest BCUT2D eigenvalue weighted by Gasteiger charge is 2.06. The van der Waals surface area contributed by atoms with Crippen molar-refractivity contribution in [3.63, 3.8) is 0 Å². The lowest BCUT2D eigenvalue weighted by Gasteiger charge is -2.07. The molecule has 0 bridgehead atoms. The number of rotatable bonds is 7. The van der Waals surface area contributed by atoms with Crippen molar-refractivity contribution in [2.24, 2.45) is 5.73 Å². The van der Waals surface area contributed by atoms with Crippen LogP contribution in [0.15, 0.2) is 30.3 Å². The fraction of sp³-hybridized carbons (Fsp3) is 0.308. The normalized spacial score (nSPS) is 9.65. The Hall–Kier alpha value is -2.41. The maximum Gasteiger partial charge on any atom is 0.325 e. The Kier molecular flexibility index (Phi) is 6.77. The molecule has 0 saturated heterocycles. The number of carbonyl (C=O) groups is 3. The van der Waals surface area contributed by atoms with Crippen molar-refractivity contribution >= 4 is 17.8 Å². The first-order valence-electron chi connectivity index (χ1n) is 6.09. The van der Waals surface area contributed by atoms with E-state index in [1.165, 1.54) is 0 Å². The summed E-state index contributed by atoms with van der Waals surface area (Å²) in [6, 6.07) is 8.70. The van der Waals surface area contributed by atoms with Crippen LogP contribution in [0.3, 0.4) is 0 Å². The van der Waals surface area contributed by atoms with Gasteiger partial charge in [-0.25, -0.2) is 0 Å². The Morgan fingerprint density at radius 2 is 1.80 bits per heavy atom. The van der Waals surface area contributed by atoms with E-state index in [0.717, 1.165) is 0 Å². The monoisotopic (exact) mass is 279 g/mol. The molecule has 0 aliphatic carbocycles. The minimum Gasteiger partial charge on any atom is -0.463 e. The Morgan fingerprint density at radius 3 is 2.45 bits per heavy atom. The number of hydrogen-bond donors (Lipinski definition) is 3. The number of esters is 1. The summed E-state index contributed by atoms with van der Waals surface area (Å²) in [7, 11) is 0. The lowest BCUT2D eigenvalue weighted by molar-refractivity contribution is -0.143. The average molecular weight is 279 g/mol. The fourth-order valence-corrected chi connectivity index (χ4v) is 1.31. The van der Waals surface area contributed by atoms with E-state index in [0.29, 0.717) is 5.56 Å². The van der Waals surface area contributed by atoms with Crippen molar-refractivity contribution in [2.75, 3.05) is 26.2 Å². The molecule has 1 rings (SSSR count). The molecule has 4 N–H and O–H groups in total. The first kappa shape index (κ1) is 15.6. The van der Waals surface area contributed by atoms with Crippen LogP contribution in [-0.2, 0) is 14.3 Å². The predicted octanol–water partition coefficient (Wildman–Crippen LogP) is -0.965. The molecule has 1 aromatic rings. The summed E-state index contributed by atoms with van der Waals surface area (Å²) >= 11 is 0. The zero-order valence-electron chi connectivity index (χ0n) is 10.9. The molecule has 0 aromatic heterocycles. The van der Waals surface area contributed by atoms with Gasteiger partial charge in [-0.2, -0.15) is 0 Å². The third kappa shape index (κ3) is 5.96. The molecule has 0 aliphatic heterocycles. The van der Waals surface area contributed by atoms with E-state index >= 15 is 0 Å². The van der Waals surface area contributed by atoms with Crippen LogP contribution >= 0.6 is 0 Å². The van der Waals surface area contributed by atoms with Gasteiger partial charge >= 0.3 is 5.97 Å². The van der Waals surface area contributed by atoms with Gasteiger partial charge in [0.15, 0.2) is 0 Å². The number of ether oxygens (including phenoxy) is 1. The van der Waals surface area contributed by atoms with Crippen LogP contribution in [0, 0.1) is 0 Å². The van der Waals surface area contributed by atoms with Crippen molar-refractivity contribution < 1.29 is 19.1 Å². The van der Waals surface area contributed by atoms with Gasteiger partial charge in [-0.05, 0) is 12.1 Å². The Bertz CT molecular complexity index is 462. The molecule has 0 saturated carbocycles. The molecule has 108 valence electrons. The van der Waals surface area contributed by atoms with Crippen molar-refractivity contribution in [1.82, 2.24) is 10.6 Å². The molecule has 7 heteroatoms. The second-order valence-electron chi connectivity index (χ2n) is 3.82. The van der Waals surface area contributed by atoms with Gasteiger partial charge < -0.3 is 21.1 Å². The SMILES string of the molecule is NCC(=O)NCC(=O)OCCNC(=O)c1ccccc1. The van der Waals surface area contributed by atoms with Crippen molar-refractivity contribution in [3.8, 4) is 0 Å². The number of carbonyl (C=O) groups excluding carboxylic acids is 3. The lowest BCUT2D eigenvalue weighted by atomic mass is 10.2. The molecule has 1 aromatic carbocycles. The zero-order chi connectivity index (χ0) is 14.8. The molecule has 0 spiro atoms. The zero-order valence-corrected chi connectivity index (χ0v) is 10.9. The molecule has 7 nitrogen and oxygen atoms in total. The summed E-state index contributed by atoms with van der Waals surface area (Å²) in [5.41, 5.74) is 5.59. The van der Waals surface area contributed by atoms with Gasteiger partial charge in [0.1, 0.15) is 13.2 Å². The number of hydrogen-bond acceptors (Lipinski definition) is 5. The van der Waals surface area contributed by atoms with Crippen LogP contribution in [0.5, 0.6) is 0 Å². The summed E-state index contributed by atoms with van der Waals surface area (Å²) in [6.07, 6.45) is 0. The fourth-order valence-electron chi connectivity index (χ4n) is 1.31. The summed E-state index contributed by atoms with van der Waals surface area (Å²) in [5, 5.41) is 4.89. The maximum absolute atomic E-state index is 11.6. The summed E-state index contributed by atoms with van der Waals surface area (Å²) in [4.78, 5) is 33.6. The van der Waals surface area contributed by atoms with E-state index in [2.05, 4.69) is 10.6 Å². The third-order valence-electron chi connectivity index (χ3n) is 2.30. The highest BCUT2D eigenvalue weighted by Crippen LogP contribution is 1.97. The minimum absolute atomic E-state index is 0.0376. The standard InChI is InChI=1S/C13H17N3O4/c14-8-11(17)16-9-12(18)20-7-6-15-13(19)10-4-2-1-3-5-10/h1-5H,6-9,14H2,(H,15,19)(H,16,17). The van der Waals surface area contributed by atoms with Gasteiger partial charge in [0.05, 0.1) is 13.1 Å². The molecule has 0 aliphatic rings. The van der Waals surface area contributed by atoms with E-state index in [4.69, 9.17) is 10.5 Å². The van der Waals surface area contributed by atoms with Crippen molar-refractivity contribution in [3.05, 3.63) is 35.9 Å². The first-order valence-corrected chi connectivity index (χ1v) is 6.09. The molecule has 20 heavy (non-hydrogen) atoms. The molecule has 0 radical (unpaired) electrons. The first-order chi connectivity index (χ1) is 9.63. The summed E-state index contributed by atoms with van der Waals surface area (Å²) < 4.78 is 4.81. The Labute approximate surface area is 116 Å². The molecule has 0 unspecified atom stereocenters. The lowest BCUT2D eigenvalue weighted by Crippen LogP contribution is -2.36. The van der Waals surface area contributed by atoms with E-state index in [-0.39, 0.29) is 32.1 Å². The van der Waals surface area contributed by atoms with Crippen LogP contribution in [0.2, 0.25) is 0 Å². The highest BCUT2D eigenvalue weighted by molar-refractivity contribution is 5.94. The molecular formula is C13H17N3O4. The van der Waals surface area contributed by atoms with Crippen LogP contribution < -0.4 is 16.4 Å².